The largest absolute Gasteiger partial charge is 0.388 e. The maximum absolute atomic E-state index is 11.5. The Bertz CT molecular complexity index is 967. The van der Waals surface area contributed by atoms with Crippen molar-refractivity contribution >= 4 is 15.7 Å². The molecule has 27 heavy (non-hydrogen) atoms. The molecule has 2 aromatic rings. The third-order valence-electron chi connectivity index (χ3n) is 3.68. The van der Waals surface area contributed by atoms with Crippen LogP contribution in [0.1, 0.15) is 32.4 Å². The number of nitro groups is 1. The van der Waals surface area contributed by atoms with Crippen LogP contribution in [0.15, 0.2) is 53.4 Å². The third-order valence-corrected chi connectivity index (χ3v) is 5.10. The van der Waals surface area contributed by atoms with E-state index in [0.717, 1.165) is 41.8 Å². The van der Waals surface area contributed by atoms with Crippen LogP contribution >= 0.6 is 0 Å². The first-order valence-electron chi connectivity index (χ1n) is 8.16. The maximum atomic E-state index is 11.5. The predicted molar refractivity (Wildman–Crippen MR) is 104 cm³/mol. The predicted octanol–water partition coefficient (Wildman–Crippen LogP) is 2.81. The summed E-state index contributed by atoms with van der Waals surface area (Å²) in [6, 6.07) is 12.1. The van der Waals surface area contributed by atoms with Crippen molar-refractivity contribution < 1.29 is 19.8 Å². The first kappa shape index (κ1) is 20.6. The zero-order valence-corrected chi connectivity index (χ0v) is 14.6. The minimum Gasteiger partial charge on any atom is -0.388 e. The zero-order chi connectivity index (χ0) is 20.1. The van der Waals surface area contributed by atoms with Gasteiger partial charge in [-0.05, 0) is 36.1 Å². The quantitative estimate of drug-likeness (QED) is 0.473. The highest BCUT2D eigenvalue weighted by molar-refractivity contribution is 7.89. The Morgan fingerprint density at radius 2 is 1.93 bits per heavy atom. The van der Waals surface area contributed by atoms with E-state index in [-0.39, 0.29) is 24.6 Å². The van der Waals surface area contributed by atoms with E-state index in [1.165, 1.54) is 0 Å². The van der Waals surface area contributed by atoms with Crippen LogP contribution in [0.5, 0.6) is 0 Å². The monoisotopic (exact) mass is 391 g/mol. The number of terminal acetylenes is 1. The fraction of sp³-hybridized carbons (Fsp3) is 0.263. The first-order chi connectivity index (χ1) is 12.7. The number of fused-ring (bicyclic) bond motifs is 1. The van der Waals surface area contributed by atoms with Crippen molar-refractivity contribution in [1.29, 1.82) is 0 Å². The van der Waals surface area contributed by atoms with Gasteiger partial charge in [0.15, 0.2) is 0 Å². The first-order valence-corrected chi connectivity index (χ1v) is 9.14. The van der Waals surface area contributed by atoms with E-state index >= 15 is 0 Å². The lowest BCUT2D eigenvalue weighted by Crippen LogP contribution is -2.23. The van der Waals surface area contributed by atoms with E-state index in [1.54, 1.807) is 0 Å². The van der Waals surface area contributed by atoms with Gasteiger partial charge in [-0.25, -0.2) is 8.42 Å². The van der Waals surface area contributed by atoms with Gasteiger partial charge in [-0.3, -0.25) is 10.1 Å². The van der Waals surface area contributed by atoms with Crippen molar-refractivity contribution in [3.63, 3.8) is 0 Å². The normalized spacial score (nSPS) is 18.0. The summed E-state index contributed by atoms with van der Waals surface area (Å²) >= 11 is 0. The molecule has 1 aliphatic carbocycles. The van der Waals surface area contributed by atoms with Gasteiger partial charge < -0.3 is 5.11 Å². The molecular weight excluding hydrogens is 368 g/mol. The summed E-state index contributed by atoms with van der Waals surface area (Å²) in [6.45, 7) is -0.126. The van der Waals surface area contributed by atoms with Gasteiger partial charge >= 0.3 is 0 Å². The summed E-state index contributed by atoms with van der Waals surface area (Å²) < 4.78 is 32.7. The number of hydrogen-bond donors (Lipinski definition) is 2. The van der Waals surface area contributed by atoms with Crippen molar-refractivity contribution in [3.8, 4) is 12.3 Å². The molecule has 0 saturated heterocycles. The number of aryl methyl sites for hydroxylation is 1. The molecule has 144 valence electrons. The molecule has 0 spiro atoms. The summed E-state index contributed by atoms with van der Waals surface area (Å²) in [4.78, 5) is 9.68. The van der Waals surface area contributed by atoms with Gasteiger partial charge in [0.05, 0.1) is 23.8 Å². The number of sulfonamides is 1. The lowest BCUT2D eigenvalue weighted by atomic mass is 10.1. The summed E-state index contributed by atoms with van der Waals surface area (Å²) in [5.74, 6) is 2.12. The molecule has 2 aromatic carbocycles. The average molecular weight is 391 g/mol. The molecule has 0 saturated carbocycles. The highest BCUT2D eigenvalue weighted by Crippen LogP contribution is 2.29. The molecule has 1 atom stereocenters. The Morgan fingerprint density at radius 1 is 1.30 bits per heavy atom. The molecule has 0 aromatic heterocycles. The number of hydrogen-bond acceptors (Lipinski definition) is 5. The second-order valence-electron chi connectivity index (χ2n) is 5.38. The van der Waals surface area contributed by atoms with Crippen LogP contribution < -0.4 is 4.72 Å². The van der Waals surface area contributed by atoms with E-state index in [0.29, 0.717) is 6.42 Å². The smallest absolute Gasteiger partial charge is 0.269 e. The lowest BCUT2D eigenvalue weighted by Gasteiger charge is -2.02. The van der Waals surface area contributed by atoms with Gasteiger partial charge in [0, 0.05) is 12.1 Å². The van der Waals surface area contributed by atoms with Crippen LogP contribution in [0.25, 0.3) is 0 Å². The van der Waals surface area contributed by atoms with Crippen LogP contribution in [0.4, 0.5) is 5.69 Å². The zero-order valence-electron chi connectivity index (χ0n) is 14.8. The molecule has 8 heteroatoms. The molecular formula is C19H22N2O5S. The molecule has 7 nitrogen and oxygen atoms in total. The summed E-state index contributed by atoms with van der Waals surface area (Å²) in [5, 5.41) is 19.9. The number of rotatable bonds is 4. The lowest BCUT2D eigenvalue weighted by molar-refractivity contribution is -0.384. The molecule has 0 amide bonds. The average Bonchev–Trinajstić information content (AvgIpc) is 2.96. The Labute approximate surface area is 160 Å². The van der Waals surface area contributed by atoms with Crippen molar-refractivity contribution in [2.75, 3.05) is 6.54 Å². The van der Waals surface area contributed by atoms with Gasteiger partial charge in [0.2, 0.25) is 10.0 Å². The number of aliphatic hydroxyl groups is 1. The second kappa shape index (κ2) is 9.83. The van der Waals surface area contributed by atoms with Crippen LogP contribution in [-0.2, 0) is 16.4 Å². The van der Waals surface area contributed by atoms with E-state index in [4.69, 9.17) is 7.79 Å². The molecule has 0 radical (unpaired) electrons. The highest BCUT2D eigenvalue weighted by Gasteiger charge is 2.18. The van der Waals surface area contributed by atoms with Crippen LogP contribution in [0.3, 0.4) is 0 Å². The van der Waals surface area contributed by atoms with Crippen molar-refractivity contribution in [2.45, 2.75) is 31.2 Å². The Kier molecular flexibility index (Phi) is 7.49. The van der Waals surface area contributed by atoms with E-state index in [1.807, 2.05) is 24.3 Å². The third kappa shape index (κ3) is 5.89. The van der Waals surface area contributed by atoms with Crippen molar-refractivity contribution in [1.82, 2.24) is 4.72 Å². The van der Waals surface area contributed by atoms with Crippen LogP contribution in [-0.4, -0.2) is 25.0 Å². The van der Waals surface area contributed by atoms with Crippen molar-refractivity contribution in [2.24, 2.45) is 0 Å². The number of nitrogens with zero attached hydrogens (tertiary/aromatic N) is 1. The standard InChI is InChI=1S/C9H8N2O4S.C9H10O.CH4/c1-2-7-10-16(14,15)9-5-3-8(4-6-9)11(12)13;10-9-6-5-7-3-1-2-4-8(7)9;/h1,3-6,10H,7H2;1-4,9-10H,5-6H2;1H4/i;9D;. The number of non-ortho nitro benzene ring substituents is 1. The number of nitrogens with one attached hydrogen (secondary N) is 1. The second-order valence-corrected chi connectivity index (χ2v) is 7.15. The number of nitro benzene ring substituents is 1. The Morgan fingerprint density at radius 3 is 2.48 bits per heavy atom. The summed E-state index contributed by atoms with van der Waals surface area (Å²) in [5.41, 5.74) is 1.72. The molecule has 0 heterocycles. The van der Waals surface area contributed by atoms with Crippen LogP contribution in [0.2, 0.25) is 0 Å². The molecule has 0 bridgehead atoms. The maximum Gasteiger partial charge on any atom is 0.269 e. The Balaban J connectivity index is 0.000000285. The molecule has 1 unspecified atom stereocenters. The van der Waals surface area contributed by atoms with Crippen molar-refractivity contribution in [3.05, 3.63) is 69.8 Å². The van der Waals surface area contributed by atoms with E-state index < -0.39 is 21.0 Å². The fourth-order valence-electron chi connectivity index (χ4n) is 2.37. The van der Waals surface area contributed by atoms with E-state index in [9.17, 15) is 23.6 Å². The summed E-state index contributed by atoms with van der Waals surface area (Å²) in [7, 11) is -3.68. The highest BCUT2D eigenvalue weighted by atomic mass is 32.2. The molecule has 1 aliphatic rings. The minimum atomic E-state index is -3.68. The van der Waals surface area contributed by atoms with Gasteiger partial charge in [0.1, 0.15) is 0 Å². The van der Waals surface area contributed by atoms with Gasteiger partial charge in [-0.1, -0.05) is 37.6 Å². The SMILES string of the molecule is C.C#CCNS(=O)(=O)c1ccc([N+](=O)[O-])cc1.[2H]C1(O)CCc2ccccc21. The Hall–Kier alpha value is -2.73. The molecule has 2 N–H and O–H groups in total. The number of benzene rings is 2. The minimum absolute atomic E-state index is 0. The van der Waals surface area contributed by atoms with Gasteiger partial charge in [-0.2, -0.15) is 4.72 Å². The summed E-state index contributed by atoms with van der Waals surface area (Å²) in [6.07, 6.45) is 4.95. The van der Waals surface area contributed by atoms with E-state index in [2.05, 4.69) is 10.6 Å². The molecule has 3 rings (SSSR count). The van der Waals surface area contributed by atoms with Crippen LogP contribution in [0, 0.1) is 22.5 Å². The fourth-order valence-corrected chi connectivity index (χ4v) is 3.31. The van der Waals surface area contributed by atoms with Gasteiger partial charge in [0.25, 0.3) is 5.69 Å². The molecule has 0 aliphatic heterocycles. The van der Waals surface area contributed by atoms with Gasteiger partial charge in [-0.15, -0.1) is 6.42 Å². The topological polar surface area (TPSA) is 110 Å². The molecule has 0 fully saturated rings.